The second-order valence-electron chi connectivity index (χ2n) is 21.0. The smallest absolute Gasteiger partial charge is 0.247 e. The lowest BCUT2D eigenvalue weighted by Gasteiger charge is -2.13. The summed E-state index contributed by atoms with van der Waals surface area (Å²) in [5.74, 6) is 3.72. The fourth-order valence-electron chi connectivity index (χ4n) is 10.7. The van der Waals surface area contributed by atoms with E-state index in [1.54, 1.807) is 14.2 Å². The van der Waals surface area contributed by atoms with Gasteiger partial charge in [-0.1, -0.05) is 72.8 Å². The van der Waals surface area contributed by atoms with Gasteiger partial charge in [-0.25, -0.2) is 15.0 Å². The number of aryl methyl sites for hydroxylation is 9. The van der Waals surface area contributed by atoms with E-state index >= 15 is 0 Å². The zero-order valence-electron chi connectivity index (χ0n) is 50.0. The van der Waals surface area contributed by atoms with E-state index in [0.29, 0.717) is 24.5 Å². The number of aromatic nitrogens is 9. The second kappa shape index (κ2) is 25.8. The number of rotatable bonds is 13. The number of hydrogen-bond acceptors (Lipinski definition) is 15. The molecule has 0 amide bonds. The number of para-hydroxylation sites is 2. The van der Waals surface area contributed by atoms with E-state index < -0.39 is 0 Å². The maximum Gasteiger partial charge on any atom is 0.247 e. The van der Waals surface area contributed by atoms with Crippen molar-refractivity contribution in [1.29, 1.82) is 0 Å². The number of fused-ring (bicyclic) bond motifs is 3. The summed E-state index contributed by atoms with van der Waals surface area (Å²) in [6.45, 7) is 21.6. The van der Waals surface area contributed by atoms with Crippen LogP contribution in [0.2, 0.25) is 0 Å². The first-order valence-corrected chi connectivity index (χ1v) is 28.1. The summed E-state index contributed by atoms with van der Waals surface area (Å²) in [4.78, 5) is 14.1. The molecule has 9 aromatic carbocycles. The maximum absolute atomic E-state index is 5.48. The molecule has 0 aliphatic heterocycles. The molecule has 15 nitrogen and oxygen atoms in total. The van der Waals surface area contributed by atoms with Gasteiger partial charge in [0.15, 0.2) is 0 Å². The third kappa shape index (κ3) is 13.3. The Kier molecular flexibility index (Phi) is 17.5. The number of hydrogen-bond donors (Lipinski definition) is 3. The summed E-state index contributed by atoms with van der Waals surface area (Å²) in [7, 11) is 3.28. The largest absolute Gasteiger partial charge is 0.497 e. The Bertz CT molecular complexity index is 4340. The second-order valence-corrected chi connectivity index (χ2v) is 21.0. The van der Waals surface area contributed by atoms with Crippen LogP contribution in [-0.4, -0.2) is 66.4 Å². The van der Waals surface area contributed by atoms with E-state index in [9.17, 15) is 0 Å². The molecular formula is C70H68N12O3. The van der Waals surface area contributed by atoms with Crippen molar-refractivity contribution < 1.29 is 14.2 Å². The Hall–Kier alpha value is -10.4. The average molecular weight is 1130 g/mol. The van der Waals surface area contributed by atoms with E-state index in [0.717, 1.165) is 101 Å². The van der Waals surface area contributed by atoms with Crippen LogP contribution in [0.4, 0.5) is 34.9 Å². The SMILES string of the molecule is CCOc1ccc(Nc2nnc3cc(-c4c(C)cccc4C)cc(C)c3n2)cc1.COc1cccc(Nc2nnc3cc(-c4c(C)cccc4C)cc(C)c3n2)c1.COc1ccccc1Nc1nnc2cc(-c3c(C)cccc3C)cc(C)c2n1. The van der Waals surface area contributed by atoms with Crippen LogP contribution < -0.4 is 30.2 Å². The van der Waals surface area contributed by atoms with Gasteiger partial charge in [0.2, 0.25) is 17.8 Å². The molecule has 0 radical (unpaired) electrons. The van der Waals surface area contributed by atoms with E-state index in [1.807, 2.05) is 79.7 Å². The Morgan fingerprint density at radius 1 is 0.341 bits per heavy atom. The number of anilines is 6. The summed E-state index contributed by atoms with van der Waals surface area (Å²) in [6, 6.07) is 54.8. The van der Waals surface area contributed by atoms with Crippen LogP contribution in [0.5, 0.6) is 17.2 Å². The quantitative estimate of drug-likeness (QED) is 0.0992. The monoisotopic (exact) mass is 1120 g/mol. The molecule has 0 atom stereocenters. The minimum absolute atomic E-state index is 0.444. The standard InChI is InChI=1S/C24H24N4O.2C23H22N4O/c1-5-29-20-11-9-19(10-12-20)25-24-26-23-17(4)13-18(14-21(23)27-28-24)22-15(2)7-6-8-16(22)3;1-14-7-5-8-15(2)21(14)17-11-16(3)22-20(12-17)26-27-23(25-22)24-18-9-6-10-19(13-18)28-4;1-14-8-7-9-15(2)21(14)17-12-16(3)22-19(13-17)26-27-23(25-22)24-18-10-5-6-11-20(18)28-4/h6-14H,5H2,1-4H3,(H,25,26,28);2*5-13H,1-4H3,(H,24,25,27). The normalized spacial score (nSPS) is 10.9. The van der Waals surface area contributed by atoms with Gasteiger partial charge in [-0.3, -0.25) is 0 Å². The number of ether oxygens (including phenoxy) is 3. The van der Waals surface area contributed by atoms with Gasteiger partial charge >= 0.3 is 0 Å². The average Bonchev–Trinajstić information content (AvgIpc) is 2.51. The van der Waals surface area contributed by atoms with Crippen molar-refractivity contribution in [1.82, 2.24) is 45.5 Å². The lowest BCUT2D eigenvalue weighted by atomic mass is 9.94. The zero-order valence-corrected chi connectivity index (χ0v) is 50.0. The molecule has 0 aliphatic rings. The molecule has 12 aromatic rings. The number of benzene rings is 9. The molecule has 0 saturated heterocycles. The first-order chi connectivity index (χ1) is 41.2. The zero-order chi connectivity index (χ0) is 59.7. The van der Waals surface area contributed by atoms with Gasteiger partial charge in [-0.15, -0.1) is 30.6 Å². The highest BCUT2D eigenvalue weighted by molar-refractivity contribution is 5.89. The van der Waals surface area contributed by atoms with E-state index in [-0.39, 0.29) is 0 Å². The predicted molar refractivity (Wildman–Crippen MR) is 344 cm³/mol. The van der Waals surface area contributed by atoms with Crippen molar-refractivity contribution in [2.45, 2.75) is 69.2 Å². The van der Waals surface area contributed by atoms with Crippen molar-refractivity contribution in [3.63, 3.8) is 0 Å². The summed E-state index contributed by atoms with van der Waals surface area (Å²) < 4.78 is 16.1. The van der Waals surface area contributed by atoms with Gasteiger partial charge in [0.25, 0.3) is 0 Å². The minimum atomic E-state index is 0.444. The van der Waals surface area contributed by atoms with Crippen LogP contribution >= 0.6 is 0 Å². The molecule has 3 aromatic heterocycles. The lowest BCUT2D eigenvalue weighted by Crippen LogP contribution is -2.02. The molecule has 85 heavy (non-hydrogen) atoms. The van der Waals surface area contributed by atoms with Crippen molar-refractivity contribution >= 4 is 68.0 Å². The fraction of sp³-hybridized carbons (Fsp3) is 0.186. The highest BCUT2D eigenvalue weighted by atomic mass is 16.5. The highest BCUT2D eigenvalue weighted by Gasteiger charge is 2.16. The van der Waals surface area contributed by atoms with Gasteiger partial charge in [0.1, 0.15) is 33.8 Å². The minimum Gasteiger partial charge on any atom is -0.497 e. The Morgan fingerprint density at radius 2 is 0.741 bits per heavy atom. The molecule has 12 rings (SSSR count). The highest BCUT2D eigenvalue weighted by Crippen LogP contribution is 2.35. The molecule has 0 saturated carbocycles. The van der Waals surface area contributed by atoms with Crippen molar-refractivity contribution in [2.24, 2.45) is 0 Å². The van der Waals surface area contributed by atoms with E-state index in [1.165, 1.54) is 50.1 Å². The first kappa shape index (κ1) is 57.8. The molecule has 0 unspecified atom stereocenters. The fourth-order valence-corrected chi connectivity index (χ4v) is 10.7. The Balaban J connectivity index is 0.000000142. The van der Waals surface area contributed by atoms with E-state index in [4.69, 9.17) is 19.2 Å². The number of nitrogens with zero attached hydrogens (tertiary/aromatic N) is 9. The van der Waals surface area contributed by atoms with E-state index in [2.05, 4.69) is 210 Å². The van der Waals surface area contributed by atoms with Crippen LogP contribution in [0.3, 0.4) is 0 Å². The van der Waals surface area contributed by atoms with Gasteiger partial charge in [-0.2, -0.15) is 0 Å². The van der Waals surface area contributed by atoms with Crippen LogP contribution in [0.15, 0.2) is 164 Å². The predicted octanol–water partition coefficient (Wildman–Crippen LogP) is 16.5. The topological polar surface area (TPSA) is 180 Å². The number of methoxy groups -OCH3 is 2. The van der Waals surface area contributed by atoms with Crippen LogP contribution in [-0.2, 0) is 0 Å². The van der Waals surface area contributed by atoms with Gasteiger partial charge in [0.05, 0.1) is 43.1 Å². The van der Waals surface area contributed by atoms with Crippen LogP contribution in [0.1, 0.15) is 57.0 Å². The van der Waals surface area contributed by atoms with Gasteiger partial charge in [-0.05, 0) is 238 Å². The molecular weight excluding hydrogens is 1060 g/mol. The van der Waals surface area contributed by atoms with Crippen molar-refractivity contribution in [2.75, 3.05) is 36.8 Å². The van der Waals surface area contributed by atoms with Crippen LogP contribution in [0, 0.1) is 62.3 Å². The lowest BCUT2D eigenvalue weighted by molar-refractivity contribution is 0.340. The van der Waals surface area contributed by atoms with Crippen molar-refractivity contribution in [3.05, 3.63) is 214 Å². The van der Waals surface area contributed by atoms with Gasteiger partial charge < -0.3 is 30.2 Å². The molecule has 3 N–H and O–H groups in total. The molecule has 0 aliphatic carbocycles. The molecule has 0 bridgehead atoms. The number of nitrogens with one attached hydrogen (secondary N) is 3. The summed E-state index contributed by atoms with van der Waals surface area (Å²) >= 11 is 0. The Morgan fingerprint density at radius 3 is 1.15 bits per heavy atom. The Labute approximate surface area is 496 Å². The third-order valence-electron chi connectivity index (χ3n) is 14.7. The summed E-state index contributed by atoms with van der Waals surface area (Å²) in [5, 5.41) is 35.7. The molecule has 15 heteroatoms. The van der Waals surface area contributed by atoms with Gasteiger partial charge in [0, 0.05) is 17.4 Å². The summed E-state index contributed by atoms with van der Waals surface area (Å²) in [5.41, 5.74) is 25.3. The maximum atomic E-state index is 5.48. The molecule has 3 heterocycles. The molecule has 0 fully saturated rings. The van der Waals surface area contributed by atoms with Crippen LogP contribution in [0.25, 0.3) is 66.5 Å². The van der Waals surface area contributed by atoms with Crippen molar-refractivity contribution in [3.8, 4) is 50.6 Å². The third-order valence-corrected chi connectivity index (χ3v) is 14.7. The first-order valence-electron chi connectivity index (χ1n) is 28.1. The molecule has 0 spiro atoms. The summed E-state index contributed by atoms with van der Waals surface area (Å²) in [6.07, 6.45) is 0. The molecule has 426 valence electrons.